The first kappa shape index (κ1) is 13.3. The fourth-order valence-corrected chi connectivity index (χ4v) is 3.20. The molecule has 1 amide bonds. The minimum Gasteiger partial charge on any atom is -0.465 e. The zero-order chi connectivity index (χ0) is 13.3. The van der Waals surface area contributed by atoms with Gasteiger partial charge in [-0.3, -0.25) is 0 Å². The second kappa shape index (κ2) is 5.26. The molecule has 2 aromatic heterocycles. The van der Waals surface area contributed by atoms with Crippen LogP contribution in [0.25, 0.3) is 10.2 Å². The molecule has 0 fully saturated rings. The number of amides is 1. The first-order valence-corrected chi connectivity index (χ1v) is 6.64. The molecule has 0 bridgehead atoms. The first-order chi connectivity index (χ1) is 8.45. The quantitative estimate of drug-likeness (QED) is 0.674. The number of hydrogen-bond acceptors (Lipinski definition) is 4. The van der Waals surface area contributed by atoms with E-state index >= 15 is 0 Å². The number of rotatable bonds is 3. The third kappa shape index (κ3) is 3.01. The van der Waals surface area contributed by atoms with Crippen LogP contribution in [0.15, 0.2) is 6.07 Å². The smallest absolute Gasteiger partial charge is 0.404 e. The highest BCUT2D eigenvalue weighted by Gasteiger charge is 2.12. The summed E-state index contributed by atoms with van der Waals surface area (Å²) in [7, 11) is 0. The lowest BCUT2D eigenvalue weighted by atomic mass is 10.2. The molecule has 0 aromatic carbocycles. The van der Waals surface area contributed by atoms with Crippen molar-refractivity contribution in [1.82, 2.24) is 15.3 Å². The van der Waals surface area contributed by atoms with E-state index in [1.807, 2.05) is 6.07 Å². The maximum absolute atomic E-state index is 10.5. The Balaban J connectivity index is 2.25. The minimum atomic E-state index is -1.04. The lowest BCUT2D eigenvalue weighted by molar-refractivity contribution is 0.191. The van der Waals surface area contributed by atoms with Crippen molar-refractivity contribution < 1.29 is 9.90 Å². The van der Waals surface area contributed by atoms with Crippen molar-refractivity contribution in [1.29, 1.82) is 0 Å². The van der Waals surface area contributed by atoms with Gasteiger partial charge in [0.25, 0.3) is 0 Å². The van der Waals surface area contributed by atoms with E-state index in [-0.39, 0.29) is 11.3 Å². The van der Waals surface area contributed by atoms with Crippen molar-refractivity contribution in [2.45, 2.75) is 19.4 Å². The molecule has 96 valence electrons. The third-order valence-corrected chi connectivity index (χ3v) is 3.94. The molecule has 5 nitrogen and oxygen atoms in total. The Hall–Kier alpha value is -1.11. The highest BCUT2D eigenvalue weighted by atomic mass is 35.5. The number of fused-ring (bicyclic) bond motifs is 1. The Morgan fingerprint density at radius 2 is 2.28 bits per heavy atom. The normalized spacial score (nSPS) is 12.6. The summed E-state index contributed by atoms with van der Waals surface area (Å²) in [6, 6.07) is 1.66. The molecule has 0 aliphatic heterocycles. The second-order valence-corrected chi connectivity index (χ2v) is 5.60. The number of nitrogens with zero attached hydrogens (tertiary/aromatic N) is 2. The molecule has 0 spiro atoms. The molecule has 8 heteroatoms. The van der Waals surface area contributed by atoms with Crippen LogP contribution in [-0.2, 0) is 6.42 Å². The lowest BCUT2D eigenvalue weighted by Crippen LogP contribution is -2.32. The average Bonchev–Trinajstić information content (AvgIpc) is 2.58. The van der Waals surface area contributed by atoms with Crippen LogP contribution in [0.4, 0.5) is 4.79 Å². The number of nitrogens with one attached hydrogen (secondary N) is 1. The zero-order valence-corrected chi connectivity index (χ0v) is 11.6. The summed E-state index contributed by atoms with van der Waals surface area (Å²) in [6.45, 7) is 1.79. The van der Waals surface area contributed by atoms with Crippen molar-refractivity contribution in [2.24, 2.45) is 0 Å². The minimum absolute atomic E-state index is 0.105. The largest absolute Gasteiger partial charge is 0.465 e. The van der Waals surface area contributed by atoms with Crippen molar-refractivity contribution in [2.75, 3.05) is 0 Å². The Labute approximate surface area is 117 Å². The summed E-state index contributed by atoms with van der Waals surface area (Å²) in [5.74, 6) is 0. The Kier molecular flexibility index (Phi) is 3.89. The topological polar surface area (TPSA) is 75.1 Å². The number of carboxylic acid groups (broad SMARTS) is 1. The number of hydrogen-bond donors (Lipinski definition) is 2. The summed E-state index contributed by atoms with van der Waals surface area (Å²) >= 11 is 13.1. The highest BCUT2D eigenvalue weighted by Crippen LogP contribution is 2.31. The van der Waals surface area contributed by atoms with Crippen molar-refractivity contribution >= 4 is 50.8 Å². The Morgan fingerprint density at radius 1 is 1.56 bits per heavy atom. The average molecular weight is 306 g/mol. The fourth-order valence-electron chi connectivity index (χ4n) is 1.58. The van der Waals surface area contributed by atoms with Crippen molar-refractivity contribution in [3.05, 3.63) is 21.4 Å². The third-order valence-electron chi connectivity index (χ3n) is 2.23. The molecule has 18 heavy (non-hydrogen) atoms. The second-order valence-electron chi connectivity index (χ2n) is 3.77. The molecule has 0 saturated heterocycles. The van der Waals surface area contributed by atoms with E-state index in [9.17, 15) is 4.79 Å². The molecule has 1 unspecified atom stereocenters. The number of carbonyl (C=O) groups is 1. The summed E-state index contributed by atoms with van der Waals surface area (Å²) in [5, 5.41) is 11.4. The van der Waals surface area contributed by atoms with Crippen LogP contribution in [-0.4, -0.2) is 27.2 Å². The van der Waals surface area contributed by atoms with Gasteiger partial charge in [0.15, 0.2) is 5.15 Å². The van der Waals surface area contributed by atoms with E-state index in [0.29, 0.717) is 17.1 Å². The standard InChI is InChI=1S/C10H9Cl2N3O2S/c1-4(13-10(16)17)2-5-3-6-7(18-5)8(11)15-9(12)14-6/h3-4,13H,2H2,1H3,(H,16,17). The summed E-state index contributed by atoms with van der Waals surface area (Å²) in [6.07, 6.45) is -0.467. The molecule has 0 aliphatic rings. The Bertz CT molecular complexity index is 602. The van der Waals surface area contributed by atoms with Gasteiger partial charge in [0.1, 0.15) is 0 Å². The van der Waals surface area contributed by atoms with Crippen LogP contribution in [0.1, 0.15) is 11.8 Å². The number of aromatic nitrogens is 2. The molecule has 0 saturated carbocycles. The van der Waals surface area contributed by atoms with Crippen molar-refractivity contribution in [3.8, 4) is 0 Å². The van der Waals surface area contributed by atoms with Gasteiger partial charge < -0.3 is 10.4 Å². The highest BCUT2D eigenvalue weighted by molar-refractivity contribution is 7.19. The van der Waals surface area contributed by atoms with E-state index in [0.717, 1.165) is 9.58 Å². The molecule has 2 N–H and O–H groups in total. The molecule has 0 aliphatic carbocycles. The van der Waals surface area contributed by atoms with Crippen molar-refractivity contribution in [3.63, 3.8) is 0 Å². The molecular formula is C10H9Cl2N3O2S. The van der Waals surface area contributed by atoms with Gasteiger partial charge in [-0.05, 0) is 24.6 Å². The van der Waals surface area contributed by atoms with Crippen LogP contribution < -0.4 is 5.32 Å². The van der Waals surface area contributed by atoms with E-state index < -0.39 is 6.09 Å². The molecule has 2 rings (SSSR count). The predicted molar refractivity (Wildman–Crippen MR) is 71.8 cm³/mol. The van der Waals surface area contributed by atoms with Gasteiger partial charge >= 0.3 is 6.09 Å². The summed E-state index contributed by atoms with van der Waals surface area (Å²) in [5.41, 5.74) is 0.683. The molecular weight excluding hydrogens is 297 g/mol. The van der Waals surface area contributed by atoms with Crippen LogP contribution in [0.3, 0.4) is 0 Å². The molecule has 2 aromatic rings. The molecule has 2 heterocycles. The SMILES string of the molecule is CC(Cc1cc2nc(Cl)nc(Cl)c2s1)NC(=O)O. The van der Waals surface area contributed by atoms with Crippen LogP contribution in [0.5, 0.6) is 0 Å². The van der Waals surface area contributed by atoms with E-state index in [1.165, 1.54) is 11.3 Å². The molecule has 0 radical (unpaired) electrons. The predicted octanol–water partition coefficient (Wildman–Crippen LogP) is 3.20. The maximum atomic E-state index is 10.5. The van der Waals surface area contributed by atoms with Crippen LogP contribution in [0, 0.1) is 0 Å². The van der Waals surface area contributed by atoms with E-state index in [2.05, 4.69) is 15.3 Å². The number of halogens is 2. The monoisotopic (exact) mass is 305 g/mol. The van der Waals surface area contributed by atoms with Gasteiger partial charge in [-0.2, -0.15) is 0 Å². The first-order valence-electron chi connectivity index (χ1n) is 5.06. The van der Waals surface area contributed by atoms with Gasteiger partial charge in [0.05, 0.1) is 10.2 Å². The fraction of sp³-hybridized carbons (Fsp3) is 0.300. The van der Waals surface area contributed by atoms with Gasteiger partial charge in [0.2, 0.25) is 5.28 Å². The van der Waals surface area contributed by atoms with Crippen LogP contribution >= 0.6 is 34.5 Å². The maximum Gasteiger partial charge on any atom is 0.404 e. The Morgan fingerprint density at radius 3 is 2.94 bits per heavy atom. The van der Waals surface area contributed by atoms with Gasteiger partial charge in [-0.1, -0.05) is 11.6 Å². The van der Waals surface area contributed by atoms with Crippen LogP contribution in [0.2, 0.25) is 10.4 Å². The van der Waals surface area contributed by atoms with Gasteiger partial charge in [0, 0.05) is 17.3 Å². The lowest BCUT2D eigenvalue weighted by Gasteiger charge is -2.08. The summed E-state index contributed by atoms with van der Waals surface area (Å²) < 4.78 is 0.763. The van der Waals surface area contributed by atoms with Gasteiger partial charge in [-0.15, -0.1) is 11.3 Å². The number of thiophene rings is 1. The van der Waals surface area contributed by atoms with Gasteiger partial charge in [-0.25, -0.2) is 14.8 Å². The molecule has 1 atom stereocenters. The zero-order valence-electron chi connectivity index (χ0n) is 9.28. The van der Waals surface area contributed by atoms with E-state index in [1.54, 1.807) is 6.92 Å². The van der Waals surface area contributed by atoms with E-state index in [4.69, 9.17) is 28.3 Å². The summed E-state index contributed by atoms with van der Waals surface area (Å²) in [4.78, 5) is 19.4.